The highest BCUT2D eigenvalue weighted by Crippen LogP contribution is 2.01. The number of carboxylic acid groups (broad SMARTS) is 1. The molecule has 1 aromatic heterocycles. The zero-order valence-corrected chi connectivity index (χ0v) is 8.26. The Hall–Kier alpha value is -2.18. The molecule has 0 aliphatic rings. The summed E-state index contributed by atoms with van der Waals surface area (Å²) in [6.07, 6.45) is 2.68. The summed E-state index contributed by atoms with van der Waals surface area (Å²) >= 11 is 0. The van der Waals surface area contributed by atoms with Gasteiger partial charge in [0.2, 0.25) is 5.91 Å². The van der Waals surface area contributed by atoms with Crippen LogP contribution in [0.3, 0.4) is 0 Å². The number of rotatable bonds is 3. The van der Waals surface area contributed by atoms with Gasteiger partial charge >= 0.3 is 5.97 Å². The van der Waals surface area contributed by atoms with E-state index < -0.39 is 11.9 Å². The van der Waals surface area contributed by atoms with Gasteiger partial charge in [-0.1, -0.05) is 5.21 Å². The molecule has 80 valence electrons. The quantitative estimate of drug-likeness (QED) is 0.648. The van der Waals surface area contributed by atoms with Gasteiger partial charge in [-0.15, -0.1) is 5.10 Å². The minimum atomic E-state index is -1.22. The maximum absolute atomic E-state index is 10.7. The van der Waals surface area contributed by atoms with Crippen molar-refractivity contribution in [3.05, 3.63) is 17.6 Å². The fourth-order valence-corrected chi connectivity index (χ4v) is 0.917. The smallest absolute Gasteiger partial charge is 0.352 e. The Labute approximate surface area is 85.4 Å². The van der Waals surface area contributed by atoms with Crippen molar-refractivity contribution < 1.29 is 14.7 Å². The molecule has 0 saturated carbocycles. The first-order valence-electron chi connectivity index (χ1n) is 4.08. The molecule has 0 unspecified atom stereocenters. The van der Waals surface area contributed by atoms with Crippen LogP contribution in [-0.4, -0.2) is 32.0 Å². The molecule has 7 heteroatoms. The maximum Gasteiger partial charge on any atom is 0.352 e. The van der Waals surface area contributed by atoms with Crippen LogP contribution in [0, 0.1) is 0 Å². The van der Waals surface area contributed by atoms with Crippen molar-refractivity contribution in [1.82, 2.24) is 20.3 Å². The third-order valence-electron chi connectivity index (χ3n) is 1.58. The molecule has 0 bridgehead atoms. The number of hydrogen-bond acceptors (Lipinski definition) is 4. The number of nitrogens with one attached hydrogen (secondary N) is 1. The van der Waals surface area contributed by atoms with Crippen LogP contribution in [0.25, 0.3) is 6.08 Å². The second-order valence-corrected chi connectivity index (χ2v) is 2.83. The van der Waals surface area contributed by atoms with E-state index in [2.05, 4.69) is 15.6 Å². The average molecular weight is 210 g/mol. The van der Waals surface area contributed by atoms with Crippen LogP contribution in [0.15, 0.2) is 11.9 Å². The van der Waals surface area contributed by atoms with Gasteiger partial charge in [-0.3, -0.25) is 4.79 Å². The number of carbonyl (C=O) groups excluding carboxylic acids is 1. The summed E-state index contributed by atoms with van der Waals surface area (Å²) in [5.41, 5.74) is 0.272. The summed E-state index contributed by atoms with van der Waals surface area (Å²) in [6, 6.07) is 0. The number of aromatic nitrogens is 3. The number of carbonyl (C=O) groups is 2. The summed E-state index contributed by atoms with van der Waals surface area (Å²) in [7, 11) is 1.62. The molecular formula is C8H10N4O3. The van der Waals surface area contributed by atoms with Crippen molar-refractivity contribution in [2.75, 3.05) is 0 Å². The second kappa shape index (κ2) is 4.36. The SMILES string of the molecule is CC(=O)NC(=Cc1cnnn1C)C(=O)O. The highest BCUT2D eigenvalue weighted by atomic mass is 16.4. The molecular weight excluding hydrogens is 200 g/mol. The first-order chi connectivity index (χ1) is 7.00. The largest absolute Gasteiger partial charge is 0.477 e. The molecule has 0 radical (unpaired) electrons. The minimum absolute atomic E-state index is 0.215. The molecule has 1 rings (SSSR count). The molecule has 1 heterocycles. The first-order valence-corrected chi connectivity index (χ1v) is 4.08. The number of aryl methyl sites for hydroxylation is 1. The van der Waals surface area contributed by atoms with Crippen molar-refractivity contribution in [2.24, 2.45) is 7.05 Å². The van der Waals surface area contributed by atoms with Gasteiger partial charge in [-0.2, -0.15) is 0 Å². The molecule has 7 nitrogen and oxygen atoms in total. The van der Waals surface area contributed by atoms with Crippen LogP contribution in [-0.2, 0) is 16.6 Å². The molecule has 15 heavy (non-hydrogen) atoms. The molecule has 2 N–H and O–H groups in total. The number of amides is 1. The Kier molecular flexibility index (Phi) is 3.17. The van der Waals surface area contributed by atoms with Crippen molar-refractivity contribution in [2.45, 2.75) is 6.92 Å². The first kappa shape index (κ1) is 10.9. The standard InChI is InChI=1S/C8H10N4O3/c1-5(13)10-7(8(14)15)3-6-4-9-11-12(6)2/h3-4H,1-2H3,(H,10,13)(H,14,15). The Morgan fingerprint density at radius 3 is 2.67 bits per heavy atom. The summed E-state index contributed by atoms with van der Waals surface area (Å²) in [5, 5.41) is 18.2. The van der Waals surface area contributed by atoms with Crippen LogP contribution in [0.5, 0.6) is 0 Å². The van der Waals surface area contributed by atoms with E-state index in [0.717, 1.165) is 0 Å². The van der Waals surface area contributed by atoms with Crippen molar-refractivity contribution in [3.8, 4) is 0 Å². The monoisotopic (exact) mass is 210 g/mol. The Balaban J connectivity index is 2.99. The lowest BCUT2D eigenvalue weighted by molar-refractivity contribution is -0.134. The maximum atomic E-state index is 10.7. The summed E-state index contributed by atoms with van der Waals surface area (Å²) in [6.45, 7) is 1.23. The lowest BCUT2D eigenvalue weighted by Crippen LogP contribution is -2.24. The van der Waals surface area contributed by atoms with E-state index >= 15 is 0 Å². The number of carboxylic acids is 1. The lowest BCUT2D eigenvalue weighted by atomic mass is 10.3. The van der Waals surface area contributed by atoms with Crippen molar-refractivity contribution >= 4 is 18.0 Å². The minimum Gasteiger partial charge on any atom is -0.477 e. The van der Waals surface area contributed by atoms with Gasteiger partial charge in [0.25, 0.3) is 0 Å². The topological polar surface area (TPSA) is 97.1 Å². The van der Waals surface area contributed by atoms with Gasteiger partial charge in [-0.25, -0.2) is 9.48 Å². The summed E-state index contributed by atoms with van der Waals surface area (Å²) in [4.78, 5) is 21.5. The van der Waals surface area contributed by atoms with Crippen molar-refractivity contribution in [1.29, 1.82) is 0 Å². The second-order valence-electron chi connectivity index (χ2n) is 2.83. The van der Waals surface area contributed by atoms with Gasteiger partial charge in [-0.05, 0) is 6.08 Å². The Bertz CT molecular complexity index is 421. The predicted molar refractivity (Wildman–Crippen MR) is 50.4 cm³/mol. The molecule has 1 amide bonds. The molecule has 0 fully saturated rings. The van der Waals surface area contributed by atoms with E-state index in [4.69, 9.17) is 5.11 Å². The molecule has 0 aromatic carbocycles. The predicted octanol–water partition coefficient (Wildman–Crippen LogP) is -0.623. The van der Waals surface area contributed by atoms with E-state index in [1.54, 1.807) is 7.05 Å². The number of aliphatic carboxylic acids is 1. The zero-order valence-electron chi connectivity index (χ0n) is 8.26. The van der Waals surface area contributed by atoms with Gasteiger partial charge < -0.3 is 10.4 Å². The Morgan fingerprint density at radius 1 is 1.60 bits per heavy atom. The van der Waals surface area contributed by atoms with Gasteiger partial charge in [0.1, 0.15) is 5.70 Å². The third kappa shape index (κ3) is 2.90. The highest BCUT2D eigenvalue weighted by molar-refractivity contribution is 5.96. The van der Waals surface area contributed by atoms with E-state index in [-0.39, 0.29) is 5.70 Å². The molecule has 0 spiro atoms. The van der Waals surface area contributed by atoms with Crippen molar-refractivity contribution in [3.63, 3.8) is 0 Å². The van der Waals surface area contributed by atoms with Crippen LogP contribution < -0.4 is 5.32 Å². The van der Waals surface area contributed by atoms with E-state index in [1.807, 2.05) is 0 Å². The molecule has 0 atom stereocenters. The molecule has 0 aliphatic carbocycles. The average Bonchev–Trinajstić information content (AvgIpc) is 2.50. The molecule has 0 saturated heterocycles. The number of nitrogens with zero attached hydrogens (tertiary/aromatic N) is 3. The van der Waals surface area contributed by atoms with E-state index in [1.165, 1.54) is 23.9 Å². The van der Waals surface area contributed by atoms with Crippen LogP contribution in [0.2, 0.25) is 0 Å². The van der Waals surface area contributed by atoms with Crippen LogP contribution in [0.4, 0.5) is 0 Å². The molecule has 1 aromatic rings. The lowest BCUT2D eigenvalue weighted by Gasteiger charge is -2.02. The normalized spacial score (nSPS) is 11.2. The highest BCUT2D eigenvalue weighted by Gasteiger charge is 2.09. The third-order valence-corrected chi connectivity index (χ3v) is 1.58. The van der Waals surface area contributed by atoms with Gasteiger partial charge in [0, 0.05) is 14.0 Å². The summed E-state index contributed by atoms with van der Waals surface area (Å²) < 4.78 is 1.39. The van der Waals surface area contributed by atoms with Gasteiger partial charge in [0.05, 0.1) is 11.9 Å². The molecule has 0 aliphatic heterocycles. The fourth-order valence-electron chi connectivity index (χ4n) is 0.917. The summed E-state index contributed by atoms with van der Waals surface area (Å²) in [5.74, 6) is -1.66. The van der Waals surface area contributed by atoms with E-state index in [9.17, 15) is 9.59 Å². The van der Waals surface area contributed by atoms with Crippen LogP contribution >= 0.6 is 0 Å². The fraction of sp³-hybridized carbons (Fsp3) is 0.250. The van der Waals surface area contributed by atoms with E-state index in [0.29, 0.717) is 5.69 Å². The Morgan fingerprint density at radius 2 is 2.27 bits per heavy atom. The zero-order chi connectivity index (χ0) is 11.4. The van der Waals surface area contributed by atoms with Gasteiger partial charge in [0.15, 0.2) is 0 Å². The number of hydrogen-bond donors (Lipinski definition) is 2. The van der Waals surface area contributed by atoms with Crippen LogP contribution in [0.1, 0.15) is 12.6 Å².